The lowest BCUT2D eigenvalue weighted by Crippen LogP contribution is -2.09. The van der Waals surface area contributed by atoms with E-state index in [0.717, 1.165) is 0 Å². The molecule has 0 unspecified atom stereocenters. The SMILES string of the molecule is Cl.N=C(N)c1cc2c(F)cccc2o1. The standard InChI is InChI=1S/C9H7FN2O.ClH/c10-6-2-1-3-7-5(6)4-8(13-7)9(11)12;/h1-4H,(H3,11,12);1H. The van der Waals surface area contributed by atoms with E-state index < -0.39 is 0 Å². The van der Waals surface area contributed by atoms with Crippen LogP contribution in [0.15, 0.2) is 28.7 Å². The summed E-state index contributed by atoms with van der Waals surface area (Å²) >= 11 is 0. The van der Waals surface area contributed by atoms with E-state index in [-0.39, 0.29) is 29.8 Å². The number of nitrogen functional groups attached to an aromatic ring is 1. The highest BCUT2D eigenvalue weighted by atomic mass is 35.5. The molecule has 74 valence electrons. The third-order valence-corrected chi connectivity index (χ3v) is 1.77. The Morgan fingerprint density at radius 1 is 1.43 bits per heavy atom. The van der Waals surface area contributed by atoms with E-state index in [4.69, 9.17) is 15.6 Å². The number of nitrogens with one attached hydrogen (secondary N) is 1. The number of furan rings is 1. The smallest absolute Gasteiger partial charge is 0.169 e. The molecule has 0 saturated heterocycles. The summed E-state index contributed by atoms with van der Waals surface area (Å²) in [5.74, 6) is -0.371. The molecule has 0 spiro atoms. The monoisotopic (exact) mass is 214 g/mol. The van der Waals surface area contributed by atoms with Gasteiger partial charge in [-0.25, -0.2) is 4.39 Å². The predicted molar refractivity (Wildman–Crippen MR) is 54.4 cm³/mol. The number of fused-ring (bicyclic) bond motifs is 1. The fraction of sp³-hybridized carbons (Fsp3) is 0. The molecule has 3 N–H and O–H groups in total. The summed E-state index contributed by atoms with van der Waals surface area (Å²) in [5, 5.41) is 7.45. The van der Waals surface area contributed by atoms with Crippen molar-refractivity contribution in [2.24, 2.45) is 5.73 Å². The van der Waals surface area contributed by atoms with Crippen LogP contribution in [-0.2, 0) is 0 Å². The molecule has 0 bridgehead atoms. The lowest BCUT2D eigenvalue weighted by atomic mass is 10.2. The number of rotatable bonds is 1. The molecule has 0 amide bonds. The molecule has 0 atom stereocenters. The minimum Gasteiger partial charge on any atom is -0.453 e. The van der Waals surface area contributed by atoms with E-state index in [1.807, 2.05) is 0 Å². The van der Waals surface area contributed by atoms with Crippen molar-refractivity contribution in [1.82, 2.24) is 0 Å². The van der Waals surface area contributed by atoms with Crippen molar-refractivity contribution in [3.8, 4) is 0 Å². The van der Waals surface area contributed by atoms with E-state index in [0.29, 0.717) is 11.0 Å². The van der Waals surface area contributed by atoms with Crippen molar-refractivity contribution in [1.29, 1.82) is 5.41 Å². The van der Waals surface area contributed by atoms with Crippen molar-refractivity contribution >= 4 is 29.2 Å². The fourth-order valence-electron chi connectivity index (χ4n) is 1.16. The first-order valence-corrected chi connectivity index (χ1v) is 3.71. The van der Waals surface area contributed by atoms with E-state index >= 15 is 0 Å². The van der Waals surface area contributed by atoms with Crippen LogP contribution in [-0.4, -0.2) is 5.84 Å². The lowest BCUT2D eigenvalue weighted by molar-refractivity contribution is 0.599. The maximum atomic E-state index is 13.1. The average Bonchev–Trinajstić information content (AvgIpc) is 2.49. The quantitative estimate of drug-likeness (QED) is 0.565. The third kappa shape index (κ3) is 1.56. The highest BCUT2D eigenvalue weighted by Crippen LogP contribution is 2.21. The lowest BCUT2D eigenvalue weighted by Gasteiger charge is -1.87. The first-order chi connectivity index (χ1) is 6.18. The molecule has 2 rings (SSSR count). The molecule has 0 saturated carbocycles. The molecule has 0 radical (unpaired) electrons. The highest BCUT2D eigenvalue weighted by Gasteiger charge is 2.08. The third-order valence-electron chi connectivity index (χ3n) is 1.77. The van der Waals surface area contributed by atoms with E-state index in [2.05, 4.69) is 0 Å². The normalized spacial score (nSPS) is 9.79. The maximum Gasteiger partial charge on any atom is 0.169 e. The van der Waals surface area contributed by atoms with E-state index in [1.54, 1.807) is 12.1 Å². The van der Waals surface area contributed by atoms with Crippen LogP contribution < -0.4 is 5.73 Å². The Morgan fingerprint density at radius 3 is 2.71 bits per heavy atom. The molecule has 3 nitrogen and oxygen atoms in total. The zero-order chi connectivity index (χ0) is 9.42. The van der Waals surface area contributed by atoms with Gasteiger partial charge in [-0.2, -0.15) is 0 Å². The van der Waals surface area contributed by atoms with Crippen molar-refractivity contribution in [2.75, 3.05) is 0 Å². The summed E-state index contributed by atoms with van der Waals surface area (Å²) in [5.41, 5.74) is 5.60. The minimum absolute atomic E-state index is 0. The van der Waals surface area contributed by atoms with Gasteiger partial charge < -0.3 is 10.2 Å². The molecular formula is C9H8ClFN2O. The molecule has 1 aromatic heterocycles. The zero-order valence-electron chi connectivity index (χ0n) is 7.08. The zero-order valence-corrected chi connectivity index (χ0v) is 7.90. The molecule has 1 heterocycles. The number of halogens is 2. The molecule has 0 fully saturated rings. The van der Waals surface area contributed by atoms with Gasteiger partial charge in [-0.05, 0) is 18.2 Å². The second kappa shape index (κ2) is 3.67. The highest BCUT2D eigenvalue weighted by molar-refractivity contribution is 5.96. The number of nitrogens with two attached hydrogens (primary N) is 1. The summed E-state index contributed by atoms with van der Waals surface area (Å²) in [7, 11) is 0. The van der Waals surface area contributed by atoms with Crippen LogP contribution >= 0.6 is 12.4 Å². The Labute approximate surface area is 85.6 Å². The number of hydrogen-bond donors (Lipinski definition) is 2. The van der Waals surface area contributed by atoms with Crippen LogP contribution in [0.4, 0.5) is 4.39 Å². The van der Waals surface area contributed by atoms with Crippen LogP contribution in [0.1, 0.15) is 5.76 Å². The van der Waals surface area contributed by atoms with Crippen molar-refractivity contribution in [2.45, 2.75) is 0 Å². The molecule has 5 heteroatoms. The molecule has 1 aromatic carbocycles. The van der Waals surface area contributed by atoms with Gasteiger partial charge in [0.2, 0.25) is 0 Å². The average molecular weight is 215 g/mol. The van der Waals surface area contributed by atoms with Crippen LogP contribution in [0.25, 0.3) is 11.0 Å². The van der Waals surface area contributed by atoms with Crippen LogP contribution in [0, 0.1) is 11.2 Å². The summed E-state index contributed by atoms with van der Waals surface area (Å²) in [6.07, 6.45) is 0. The van der Waals surface area contributed by atoms with E-state index in [9.17, 15) is 4.39 Å². The molecular weight excluding hydrogens is 207 g/mol. The molecule has 0 aliphatic carbocycles. The summed E-state index contributed by atoms with van der Waals surface area (Å²) in [4.78, 5) is 0. The number of hydrogen-bond acceptors (Lipinski definition) is 2. The van der Waals surface area contributed by atoms with Crippen molar-refractivity contribution in [3.63, 3.8) is 0 Å². The van der Waals surface area contributed by atoms with Crippen molar-refractivity contribution < 1.29 is 8.81 Å². The number of benzene rings is 1. The Hall–Kier alpha value is -1.55. The Kier molecular flexibility index (Phi) is 2.76. The summed E-state index contributed by atoms with van der Waals surface area (Å²) < 4.78 is 18.2. The van der Waals surface area contributed by atoms with Gasteiger partial charge in [0.25, 0.3) is 0 Å². The summed E-state index contributed by atoms with van der Waals surface area (Å²) in [6, 6.07) is 5.94. The first kappa shape index (κ1) is 10.5. The van der Waals surface area contributed by atoms with E-state index in [1.165, 1.54) is 12.1 Å². The first-order valence-electron chi connectivity index (χ1n) is 3.71. The maximum absolute atomic E-state index is 13.1. The van der Waals surface area contributed by atoms with Gasteiger partial charge >= 0.3 is 0 Å². The predicted octanol–water partition coefficient (Wildman–Crippen LogP) is 2.28. The van der Waals surface area contributed by atoms with Gasteiger partial charge in [0, 0.05) is 0 Å². The molecule has 0 aliphatic rings. The van der Waals surface area contributed by atoms with Crippen LogP contribution in [0.5, 0.6) is 0 Å². The van der Waals surface area contributed by atoms with Gasteiger partial charge in [-0.1, -0.05) is 6.07 Å². The largest absolute Gasteiger partial charge is 0.453 e. The van der Waals surface area contributed by atoms with Crippen LogP contribution in [0.3, 0.4) is 0 Å². The minimum atomic E-state index is -0.367. The van der Waals surface area contributed by atoms with Crippen LogP contribution in [0.2, 0.25) is 0 Å². The molecule has 14 heavy (non-hydrogen) atoms. The Morgan fingerprint density at radius 2 is 2.14 bits per heavy atom. The Bertz CT molecular complexity index is 481. The van der Waals surface area contributed by atoms with Gasteiger partial charge in [0.05, 0.1) is 5.39 Å². The van der Waals surface area contributed by atoms with Gasteiger partial charge in [-0.3, -0.25) is 5.41 Å². The second-order valence-electron chi connectivity index (χ2n) is 2.68. The topological polar surface area (TPSA) is 63.0 Å². The fourth-order valence-corrected chi connectivity index (χ4v) is 1.16. The second-order valence-corrected chi connectivity index (χ2v) is 2.68. The summed E-state index contributed by atoms with van der Waals surface area (Å²) in [6.45, 7) is 0. The van der Waals surface area contributed by atoms with Gasteiger partial charge in [0.15, 0.2) is 11.6 Å². The van der Waals surface area contributed by atoms with Gasteiger partial charge in [-0.15, -0.1) is 12.4 Å². The molecule has 0 aliphatic heterocycles. The number of amidine groups is 1. The van der Waals surface area contributed by atoms with Gasteiger partial charge in [0.1, 0.15) is 11.4 Å². The van der Waals surface area contributed by atoms with Crippen molar-refractivity contribution in [3.05, 3.63) is 35.8 Å². The Balaban J connectivity index is 0.000000980. The molecule has 2 aromatic rings.